The number of unbranched alkanes of at least 4 members (excludes halogenated alkanes) is 4. The van der Waals surface area contributed by atoms with Gasteiger partial charge in [-0.05, 0) is 0 Å². The molecule has 4 heteroatoms. The maximum absolute atomic E-state index is 8.74. The van der Waals surface area contributed by atoms with Gasteiger partial charge >= 0.3 is 8.25 Å². The lowest BCUT2D eigenvalue weighted by Gasteiger charge is -1.90. The molecule has 70 valence electrons. The molecule has 0 aromatic rings. The predicted molar refractivity (Wildman–Crippen MR) is 47.9 cm³/mol. The van der Waals surface area contributed by atoms with Gasteiger partial charge in [0.1, 0.15) is 0 Å². The highest BCUT2D eigenvalue weighted by Gasteiger charge is 1.80. The van der Waals surface area contributed by atoms with Crippen LogP contribution in [0.5, 0.6) is 0 Å². The average Bonchev–Trinajstić information content (AvgIpc) is 1.88. The molecule has 0 aromatic heterocycles. The van der Waals surface area contributed by atoms with E-state index in [1.165, 1.54) is 32.1 Å². The van der Waals surface area contributed by atoms with E-state index in [9.17, 15) is 0 Å². The summed E-state index contributed by atoms with van der Waals surface area (Å²) in [6.45, 7) is 4.49. The van der Waals surface area contributed by atoms with Gasteiger partial charge in [-0.25, -0.2) is 0 Å². The Morgan fingerprint density at radius 1 is 1.00 bits per heavy atom. The molecule has 0 amide bonds. The fraction of sp³-hybridized carbons (Fsp3) is 1.00. The summed E-state index contributed by atoms with van der Waals surface area (Å²) in [5.74, 6) is 0. The van der Waals surface area contributed by atoms with Crippen LogP contribution in [-0.4, -0.2) is 9.79 Å². The lowest BCUT2D eigenvalue weighted by atomic mass is 10.2. The molecule has 0 spiro atoms. The van der Waals surface area contributed by atoms with Crippen molar-refractivity contribution in [3.8, 4) is 0 Å². The van der Waals surface area contributed by atoms with Crippen molar-refractivity contribution in [2.45, 2.75) is 46.0 Å². The first-order chi connectivity index (χ1) is 5.15. The van der Waals surface area contributed by atoms with Crippen molar-refractivity contribution in [1.82, 2.24) is 0 Å². The predicted octanol–water partition coefficient (Wildman–Crippen LogP) is 2.34. The second-order valence-electron chi connectivity index (χ2n) is 2.34. The molecule has 0 atom stereocenters. The molecule has 0 rings (SSSR count). The highest BCUT2D eigenvalue weighted by Crippen LogP contribution is 2.00. The number of hydrogen-bond acceptors (Lipinski definition) is 1. The van der Waals surface area contributed by atoms with E-state index in [1.807, 2.05) is 0 Å². The smallest absolute Gasteiger partial charge is 0.314 e. The standard InChI is InChI=1S/C7H16.H3O3P/c1-3-5-7-6-4-2;1-4(2)3/h3-7H2,1-2H3;4H,(H2,1,2,3). The molecule has 0 radical (unpaired) electrons. The van der Waals surface area contributed by atoms with Crippen molar-refractivity contribution in [2.24, 2.45) is 0 Å². The quantitative estimate of drug-likeness (QED) is 0.518. The van der Waals surface area contributed by atoms with Crippen LogP contribution in [0.4, 0.5) is 0 Å². The van der Waals surface area contributed by atoms with Crippen molar-refractivity contribution in [3.05, 3.63) is 0 Å². The summed E-state index contributed by atoms with van der Waals surface area (Å²) in [7, 11) is -3.13. The van der Waals surface area contributed by atoms with Gasteiger partial charge in [-0.3, -0.25) is 4.57 Å². The van der Waals surface area contributed by atoms with Crippen LogP contribution in [0.25, 0.3) is 0 Å². The Bertz CT molecular complexity index is 77.8. The first-order valence-corrected chi connectivity index (χ1v) is 5.37. The molecule has 0 unspecified atom stereocenters. The van der Waals surface area contributed by atoms with E-state index in [2.05, 4.69) is 13.8 Å². The molecule has 0 aliphatic rings. The van der Waals surface area contributed by atoms with Gasteiger partial charge < -0.3 is 9.79 Å². The third-order valence-corrected chi connectivity index (χ3v) is 1.21. The molecule has 3 nitrogen and oxygen atoms in total. The Labute approximate surface area is 69.4 Å². The number of rotatable bonds is 4. The van der Waals surface area contributed by atoms with Crippen molar-refractivity contribution >= 4 is 8.25 Å². The Morgan fingerprint density at radius 2 is 1.27 bits per heavy atom. The SMILES string of the molecule is CCCCCCC.O=[PH](O)O. The molecular weight excluding hydrogens is 163 g/mol. The summed E-state index contributed by atoms with van der Waals surface area (Å²) in [6.07, 6.45) is 7.01. The molecule has 0 saturated carbocycles. The Balaban J connectivity index is 0. The van der Waals surface area contributed by atoms with Gasteiger partial charge in [0.15, 0.2) is 0 Å². The molecule has 0 aliphatic heterocycles. The van der Waals surface area contributed by atoms with Crippen LogP contribution in [0.3, 0.4) is 0 Å². The van der Waals surface area contributed by atoms with E-state index in [4.69, 9.17) is 14.4 Å². The molecular formula is C7H19O3P. The monoisotopic (exact) mass is 182 g/mol. The van der Waals surface area contributed by atoms with Crippen LogP contribution in [0.15, 0.2) is 0 Å². The molecule has 0 heterocycles. The van der Waals surface area contributed by atoms with E-state index < -0.39 is 8.25 Å². The molecule has 0 aliphatic carbocycles. The van der Waals surface area contributed by atoms with E-state index in [0.29, 0.717) is 0 Å². The summed E-state index contributed by atoms with van der Waals surface area (Å²) in [4.78, 5) is 14.3. The largest absolute Gasteiger partial charge is 0.326 e. The summed E-state index contributed by atoms with van der Waals surface area (Å²) in [6, 6.07) is 0. The Morgan fingerprint density at radius 3 is 1.45 bits per heavy atom. The third-order valence-electron chi connectivity index (χ3n) is 1.21. The van der Waals surface area contributed by atoms with Crippen molar-refractivity contribution in [2.75, 3.05) is 0 Å². The van der Waals surface area contributed by atoms with E-state index in [-0.39, 0.29) is 0 Å². The van der Waals surface area contributed by atoms with Gasteiger partial charge in [0.2, 0.25) is 0 Å². The van der Waals surface area contributed by atoms with Gasteiger partial charge in [-0.15, -0.1) is 0 Å². The highest BCUT2D eigenvalue weighted by atomic mass is 31.1. The van der Waals surface area contributed by atoms with Gasteiger partial charge in [0.05, 0.1) is 0 Å². The van der Waals surface area contributed by atoms with Crippen molar-refractivity contribution < 1.29 is 14.4 Å². The lowest BCUT2D eigenvalue weighted by molar-refractivity contribution is 0.405. The zero-order chi connectivity index (χ0) is 9.11. The second-order valence-corrected chi connectivity index (χ2v) is 2.91. The van der Waals surface area contributed by atoms with Crippen LogP contribution >= 0.6 is 8.25 Å². The fourth-order valence-corrected chi connectivity index (χ4v) is 0.677. The Kier molecular flexibility index (Phi) is 16.0. The van der Waals surface area contributed by atoms with Crippen molar-refractivity contribution in [3.63, 3.8) is 0 Å². The van der Waals surface area contributed by atoms with Crippen LogP contribution in [0, 0.1) is 0 Å². The van der Waals surface area contributed by atoms with Gasteiger partial charge in [-0.1, -0.05) is 46.0 Å². The maximum Gasteiger partial charge on any atom is 0.314 e. The van der Waals surface area contributed by atoms with Crippen LogP contribution in [-0.2, 0) is 4.57 Å². The molecule has 11 heavy (non-hydrogen) atoms. The van der Waals surface area contributed by atoms with E-state index in [0.717, 1.165) is 0 Å². The minimum Gasteiger partial charge on any atom is -0.326 e. The van der Waals surface area contributed by atoms with E-state index in [1.54, 1.807) is 0 Å². The minimum absolute atomic E-state index is 1.36. The lowest BCUT2D eigenvalue weighted by Crippen LogP contribution is -1.70. The Hall–Kier alpha value is 0.150. The van der Waals surface area contributed by atoms with Crippen LogP contribution < -0.4 is 0 Å². The molecule has 0 saturated heterocycles. The first kappa shape index (κ1) is 13.7. The summed E-state index contributed by atoms with van der Waals surface area (Å²) in [5, 5.41) is 0. The van der Waals surface area contributed by atoms with Gasteiger partial charge in [0, 0.05) is 0 Å². The van der Waals surface area contributed by atoms with Gasteiger partial charge in [0.25, 0.3) is 0 Å². The molecule has 2 N–H and O–H groups in total. The average molecular weight is 182 g/mol. The zero-order valence-electron chi connectivity index (χ0n) is 7.34. The summed E-state index contributed by atoms with van der Waals surface area (Å²) >= 11 is 0. The summed E-state index contributed by atoms with van der Waals surface area (Å²) < 4.78 is 8.74. The molecule has 0 fully saturated rings. The van der Waals surface area contributed by atoms with Crippen LogP contribution in [0.2, 0.25) is 0 Å². The maximum atomic E-state index is 8.74. The molecule has 0 aromatic carbocycles. The summed E-state index contributed by atoms with van der Waals surface area (Å²) in [5.41, 5.74) is 0. The normalized spacial score (nSPS) is 9.18. The zero-order valence-corrected chi connectivity index (χ0v) is 8.34. The van der Waals surface area contributed by atoms with Crippen LogP contribution in [0.1, 0.15) is 46.0 Å². The van der Waals surface area contributed by atoms with Gasteiger partial charge in [-0.2, -0.15) is 0 Å². The fourth-order valence-electron chi connectivity index (χ4n) is 0.677. The molecule has 0 bridgehead atoms. The van der Waals surface area contributed by atoms with E-state index >= 15 is 0 Å². The van der Waals surface area contributed by atoms with Crippen molar-refractivity contribution in [1.29, 1.82) is 0 Å². The minimum atomic E-state index is -3.13. The first-order valence-electron chi connectivity index (χ1n) is 4.07. The second kappa shape index (κ2) is 12.8. The number of hydrogen-bond donors (Lipinski definition) is 2. The third kappa shape index (κ3) is 39.1. The highest BCUT2D eigenvalue weighted by molar-refractivity contribution is 7.30. The topological polar surface area (TPSA) is 57.5 Å².